The average Bonchev–Trinajstić information content (AvgIpc) is 2.70. The number of benzene rings is 1. The third-order valence-electron chi connectivity index (χ3n) is 2.73. The van der Waals surface area contributed by atoms with Gasteiger partial charge in [-0.1, -0.05) is 0 Å². The summed E-state index contributed by atoms with van der Waals surface area (Å²) in [5, 5.41) is 8.82. The number of hydrogen-bond donors (Lipinski definition) is 1. The second-order valence-corrected chi connectivity index (χ2v) is 4.17. The van der Waals surface area contributed by atoms with Crippen LogP contribution < -0.4 is 0 Å². The molecule has 0 radical (unpaired) electrons. The molecule has 0 spiro atoms. The smallest absolute Gasteiger partial charge is 0.389 e. The number of halogens is 3. The van der Waals surface area contributed by atoms with Crippen LogP contribution in [0.3, 0.4) is 0 Å². The number of aromatic carboxylic acids is 1. The monoisotopic (exact) mass is 272 g/mol. The maximum absolute atomic E-state index is 12.0. The predicted molar refractivity (Wildman–Crippen MR) is 62.0 cm³/mol. The molecule has 0 amide bonds. The van der Waals surface area contributed by atoms with E-state index in [1.165, 1.54) is 18.5 Å². The van der Waals surface area contributed by atoms with Gasteiger partial charge < -0.3 is 9.67 Å². The van der Waals surface area contributed by atoms with Crippen molar-refractivity contribution in [1.82, 2.24) is 9.55 Å². The van der Waals surface area contributed by atoms with Gasteiger partial charge in [-0.15, -0.1) is 0 Å². The van der Waals surface area contributed by atoms with Gasteiger partial charge in [0.05, 0.1) is 22.9 Å². The Bertz CT molecular complexity index is 605. The first-order valence-corrected chi connectivity index (χ1v) is 5.62. The molecule has 2 rings (SSSR count). The van der Waals surface area contributed by atoms with Crippen molar-refractivity contribution in [2.75, 3.05) is 0 Å². The van der Waals surface area contributed by atoms with Crippen molar-refractivity contribution in [3.8, 4) is 0 Å². The molecule has 0 saturated heterocycles. The second-order valence-electron chi connectivity index (χ2n) is 4.17. The molecule has 0 fully saturated rings. The number of aromatic nitrogens is 2. The molecule has 19 heavy (non-hydrogen) atoms. The number of carbonyl (C=O) groups is 1. The Kier molecular flexibility index (Phi) is 3.46. The second kappa shape index (κ2) is 4.91. The van der Waals surface area contributed by atoms with E-state index in [9.17, 15) is 18.0 Å². The molecular weight excluding hydrogens is 261 g/mol. The van der Waals surface area contributed by atoms with Crippen LogP contribution in [0.25, 0.3) is 11.0 Å². The van der Waals surface area contributed by atoms with Gasteiger partial charge in [0.15, 0.2) is 0 Å². The zero-order valence-corrected chi connectivity index (χ0v) is 9.81. The third-order valence-corrected chi connectivity index (χ3v) is 2.73. The summed E-state index contributed by atoms with van der Waals surface area (Å²) in [5.74, 6) is -1.06. The lowest BCUT2D eigenvalue weighted by Crippen LogP contribution is -2.09. The Morgan fingerprint density at radius 1 is 1.37 bits per heavy atom. The summed E-state index contributed by atoms with van der Waals surface area (Å²) in [6.07, 6.45) is -3.62. The normalized spacial score (nSPS) is 11.9. The first-order chi connectivity index (χ1) is 8.87. The molecule has 2 aromatic rings. The minimum atomic E-state index is -4.16. The van der Waals surface area contributed by atoms with Crippen molar-refractivity contribution in [1.29, 1.82) is 0 Å². The van der Waals surface area contributed by atoms with Gasteiger partial charge >= 0.3 is 12.1 Å². The van der Waals surface area contributed by atoms with Gasteiger partial charge in [0.25, 0.3) is 0 Å². The van der Waals surface area contributed by atoms with E-state index in [0.717, 1.165) is 0 Å². The van der Waals surface area contributed by atoms with Gasteiger partial charge in [-0.3, -0.25) is 0 Å². The van der Waals surface area contributed by atoms with Gasteiger partial charge in [-0.2, -0.15) is 13.2 Å². The van der Waals surface area contributed by atoms with Crippen molar-refractivity contribution in [3.63, 3.8) is 0 Å². The van der Waals surface area contributed by atoms with Crippen LogP contribution in [0.2, 0.25) is 0 Å². The average molecular weight is 272 g/mol. The SMILES string of the molecule is O=C(O)c1ccc2c(c1)ncn2CCCC(F)(F)F. The first-order valence-electron chi connectivity index (χ1n) is 5.62. The Hall–Kier alpha value is -2.05. The van der Waals surface area contributed by atoms with Crippen LogP contribution in [-0.2, 0) is 6.54 Å². The number of imidazole rings is 1. The molecule has 0 aliphatic carbocycles. The van der Waals surface area contributed by atoms with E-state index >= 15 is 0 Å². The Labute approximate surface area is 106 Å². The molecule has 1 heterocycles. The van der Waals surface area contributed by atoms with Gasteiger partial charge in [-0.25, -0.2) is 9.78 Å². The van der Waals surface area contributed by atoms with Crippen molar-refractivity contribution in [3.05, 3.63) is 30.1 Å². The van der Waals surface area contributed by atoms with Crippen molar-refractivity contribution < 1.29 is 23.1 Å². The molecule has 0 aliphatic heterocycles. The van der Waals surface area contributed by atoms with E-state index in [4.69, 9.17) is 5.11 Å². The van der Waals surface area contributed by atoms with Crippen LogP contribution >= 0.6 is 0 Å². The Balaban J connectivity index is 2.15. The number of fused-ring (bicyclic) bond motifs is 1. The summed E-state index contributed by atoms with van der Waals surface area (Å²) in [4.78, 5) is 14.8. The zero-order valence-electron chi connectivity index (χ0n) is 9.81. The Morgan fingerprint density at radius 3 is 2.74 bits per heavy atom. The van der Waals surface area contributed by atoms with Gasteiger partial charge in [0.2, 0.25) is 0 Å². The topological polar surface area (TPSA) is 55.1 Å². The van der Waals surface area contributed by atoms with E-state index in [1.54, 1.807) is 10.6 Å². The maximum atomic E-state index is 12.0. The molecular formula is C12H11F3N2O2. The van der Waals surface area contributed by atoms with E-state index in [-0.39, 0.29) is 18.5 Å². The van der Waals surface area contributed by atoms with E-state index in [0.29, 0.717) is 11.0 Å². The fourth-order valence-electron chi connectivity index (χ4n) is 1.82. The number of rotatable bonds is 4. The minimum absolute atomic E-state index is 0.0321. The fourth-order valence-corrected chi connectivity index (χ4v) is 1.82. The molecule has 102 valence electrons. The molecule has 1 aromatic heterocycles. The van der Waals surface area contributed by atoms with Crippen LogP contribution in [0.1, 0.15) is 23.2 Å². The van der Waals surface area contributed by atoms with Crippen LogP contribution in [-0.4, -0.2) is 26.8 Å². The molecule has 0 atom stereocenters. The summed E-state index contributed by atoms with van der Waals surface area (Å²) in [6.45, 7) is 0.197. The summed E-state index contributed by atoms with van der Waals surface area (Å²) < 4.78 is 37.7. The predicted octanol–water partition coefficient (Wildman–Crippen LogP) is 3.08. The lowest BCUT2D eigenvalue weighted by atomic mass is 10.2. The van der Waals surface area contributed by atoms with E-state index in [1.807, 2.05) is 0 Å². The third kappa shape index (κ3) is 3.24. The molecule has 0 bridgehead atoms. The summed E-state index contributed by atoms with van der Waals surface area (Å²) in [5.41, 5.74) is 1.20. The number of alkyl halides is 3. The Morgan fingerprint density at radius 2 is 2.11 bits per heavy atom. The summed E-state index contributed by atoms with van der Waals surface area (Å²) >= 11 is 0. The lowest BCUT2D eigenvalue weighted by molar-refractivity contribution is -0.135. The highest BCUT2D eigenvalue weighted by molar-refractivity contribution is 5.92. The quantitative estimate of drug-likeness (QED) is 0.930. The van der Waals surface area contributed by atoms with Crippen LogP contribution in [0.15, 0.2) is 24.5 Å². The molecule has 1 N–H and O–H groups in total. The van der Waals surface area contributed by atoms with Crippen molar-refractivity contribution >= 4 is 17.0 Å². The van der Waals surface area contributed by atoms with E-state index in [2.05, 4.69) is 4.98 Å². The maximum Gasteiger partial charge on any atom is 0.389 e. The fraction of sp³-hybridized carbons (Fsp3) is 0.333. The summed E-state index contributed by atoms with van der Waals surface area (Å²) in [6, 6.07) is 4.36. The van der Waals surface area contributed by atoms with Crippen LogP contribution in [0, 0.1) is 0 Å². The van der Waals surface area contributed by atoms with Gasteiger partial charge in [0.1, 0.15) is 0 Å². The molecule has 0 saturated carbocycles. The standard InChI is InChI=1S/C12H11F3N2O2/c13-12(14,15)4-1-5-17-7-16-9-6-8(11(18)19)2-3-10(9)17/h2-3,6-7H,1,4-5H2,(H,18,19). The highest BCUT2D eigenvalue weighted by Gasteiger charge is 2.26. The number of nitrogens with zero attached hydrogens (tertiary/aromatic N) is 2. The van der Waals surface area contributed by atoms with E-state index < -0.39 is 18.6 Å². The number of aryl methyl sites for hydroxylation is 1. The number of carboxylic acid groups (broad SMARTS) is 1. The first kappa shape index (κ1) is 13.4. The highest BCUT2D eigenvalue weighted by Crippen LogP contribution is 2.22. The molecule has 0 aliphatic rings. The van der Waals surface area contributed by atoms with Crippen LogP contribution in [0.4, 0.5) is 13.2 Å². The van der Waals surface area contributed by atoms with Gasteiger partial charge in [0, 0.05) is 13.0 Å². The summed E-state index contributed by atoms with van der Waals surface area (Å²) in [7, 11) is 0. The number of hydrogen-bond acceptors (Lipinski definition) is 2. The zero-order chi connectivity index (χ0) is 14.0. The van der Waals surface area contributed by atoms with Gasteiger partial charge in [-0.05, 0) is 24.6 Å². The molecule has 1 aromatic carbocycles. The molecule has 7 heteroatoms. The largest absolute Gasteiger partial charge is 0.478 e. The lowest BCUT2D eigenvalue weighted by Gasteiger charge is -2.07. The molecule has 0 unspecified atom stereocenters. The molecule has 4 nitrogen and oxygen atoms in total. The highest BCUT2D eigenvalue weighted by atomic mass is 19.4. The van der Waals surface area contributed by atoms with Crippen LogP contribution in [0.5, 0.6) is 0 Å². The van der Waals surface area contributed by atoms with Crippen molar-refractivity contribution in [2.45, 2.75) is 25.6 Å². The van der Waals surface area contributed by atoms with Crippen molar-refractivity contribution in [2.24, 2.45) is 0 Å². The number of carboxylic acids is 1. The minimum Gasteiger partial charge on any atom is -0.478 e.